The van der Waals surface area contributed by atoms with Crippen LogP contribution in [0.25, 0.3) is 0 Å². The molecule has 0 unspecified atom stereocenters. The van der Waals surface area contributed by atoms with Crippen LogP contribution in [0.2, 0.25) is 0 Å². The molecule has 2 heterocycles. The van der Waals surface area contributed by atoms with E-state index in [1.54, 1.807) is 6.92 Å². The maximum atomic E-state index is 13.0. The molecule has 23 heavy (non-hydrogen) atoms. The van der Waals surface area contributed by atoms with Gasteiger partial charge in [0.2, 0.25) is 4.90 Å². The summed E-state index contributed by atoms with van der Waals surface area (Å²) in [7, 11) is -4.03. The number of fused-ring (bicyclic) bond motifs is 1. The number of hydrogen-bond acceptors (Lipinski definition) is 5. The van der Waals surface area contributed by atoms with Gasteiger partial charge in [-0.05, 0) is 36.3 Å². The summed E-state index contributed by atoms with van der Waals surface area (Å²) < 4.78 is 28.5. The highest BCUT2D eigenvalue weighted by molar-refractivity contribution is 7.93. The van der Waals surface area contributed by atoms with Crippen LogP contribution in [-0.2, 0) is 23.0 Å². The van der Waals surface area contributed by atoms with Crippen LogP contribution in [0.3, 0.4) is 0 Å². The lowest BCUT2D eigenvalue weighted by molar-refractivity contribution is -0.392. The monoisotopic (exact) mass is 336 g/mol. The summed E-state index contributed by atoms with van der Waals surface area (Å²) in [5.74, 6) is -0.631. The molecule has 0 fully saturated rings. The van der Waals surface area contributed by atoms with Gasteiger partial charge in [0.1, 0.15) is 0 Å². The predicted octanol–water partition coefficient (Wildman–Crippen LogP) is 1.87. The number of hydrogen-bond donors (Lipinski definition) is 0. The molecule has 1 aromatic carbocycles. The molecule has 122 valence electrons. The Labute approximate surface area is 133 Å². The molecule has 1 aliphatic rings. The fourth-order valence-electron chi connectivity index (χ4n) is 2.83. The van der Waals surface area contributed by atoms with Crippen molar-refractivity contribution in [3.8, 4) is 0 Å². The van der Waals surface area contributed by atoms with Gasteiger partial charge in [0, 0.05) is 6.54 Å². The Morgan fingerprint density at radius 3 is 2.78 bits per heavy atom. The Morgan fingerprint density at radius 2 is 2.13 bits per heavy atom. The number of para-hydroxylation sites is 1. The summed E-state index contributed by atoms with van der Waals surface area (Å²) in [6.07, 6.45) is 1.82. The molecular weight excluding hydrogens is 320 g/mol. The van der Waals surface area contributed by atoms with Gasteiger partial charge in [-0.25, -0.2) is 8.42 Å². The number of benzene rings is 1. The first-order valence-electron chi connectivity index (χ1n) is 7.19. The number of aromatic nitrogens is 2. The van der Waals surface area contributed by atoms with Crippen LogP contribution in [-0.4, -0.2) is 29.7 Å². The van der Waals surface area contributed by atoms with E-state index in [4.69, 9.17) is 0 Å². The van der Waals surface area contributed by atoms with Crippen LogP contribution in [0.4, 0.5) is 11.5 Å². The van der Waals surface area contributed by atoms with Crippen LogP contribution in [0.1, 0.15) is 18.1 Å². The summed E-state index contributed by atoms with van der Waals surface area (Å²) in [5, 5.41) is 14.9. The first-order valence-corrected chi connectivity index (χ1v) is 8.63. The number of rotatable bonds is 4. The number of anilines is 1. The molecule has 0 atom stereocenters. The second-order valence-corrected chi connectivity index (χ2v) is 7.17. The zero-order valence-electron chi connectivity index (χ0n) is 12.8. The maximum absolute atomic E-state index is 13.0. The number of sulfonamides is 1. The lowest BCUT2D eigenvalue weighted by Gasteiger charge is -2.19. The molecule has 0 saturated carbocycles. The van der Waals surface area contributed by atoms with Gasteiger partial charge in [0.25, 0.3) is 10.0 Å². The molecule has 1 aromatic heterocycles. The van der Waals surface area contributed by atoms with Crippen LogP contribution in [0.15, 0.2) is 29.3 Å². The predicted molar refractivity (Wildman–Crippen MR) is 84.0 cm³/mol. The van der Waals surface area contributed by atoms with Gasteiger partial charge < -0.3 is 10.1 Å². The van der Waals surface area contributed by atoms with Crippen molar-refractivity contribution in [2.24, 2.45) is 0 Å². The Hall–Kier alpha value is -2.42. The minimum absolute atomic E-state index is 0.275. The van der Waals surface area contributed by atoms with Gasteiger partial charge in [0.15, 0.2) is 0 Å². The van der Waals surface area contributed by atoms with Crippen molar-refractivity contribution in [3.05, 3.63) is 45.6 Å². The third-order valence-electron chi connectivity index (χ3n) is 3.93. The standard InChI is InChI=1S/C14H16N4O4S/c1-3-16-9-12(14(15-16)18(19)20)23(21,22)17-8-7-11-6-4-5-10(2)13(11)17/h4-6,9H,3,7-8H2,1-2H3. The largest absolute Gasteiger partial charge is 0.410 e. The Morgan fingerprint density at radius 1 is 1.39 bits per heavy atom. The summed E-state index contributed by atoms with van der Waals surface area (Å²) >= 11 is 0. The molecule has 0 aliphatic carbocycles. The van der Waals surface area contributed by atoms with E-state index in [-0.39, 0.29) is 11.4 Å². The lowest BCUT2D eigenvalue weighted by atomic mass is 10.1. The number of nitrogens with zero attached hydrogens (tertiary/aromatic N) is 4. The van der Waals surface area contributed by atoms with E-state index in [1.807, 2.05) is 25.1 Å². The van der Waals surface area contributed by atoms with Gasteiger partial charge in [-0.15, -0.1) is 0 Å². The zero-order chi connectivity index (χ0) is 16.8. The van der Waals surface area contributed by atoms with Crippen LogP contribution < -0.4 is 4.31 Å². The highest BCUT2D eigenvalue weighted by atomic mass is 32.2. The molecule has 0 saturated heterocycles. The van der Waals surface area contributed by atoms with Gasteiger partial charge in [-0.1, -0.05) is 18.2 Å². The van der Waals surface area contributed by atoms with Gasteiger partial charge in [-0.3, -0.25) is 4.31 Å². The molecule has 0 radical (unpaired) electrons. The van der Waals surface area contributed by atoms with E-state index in [1.165, 1.54) is 15.2 Å². The van der Waals surface area contributed by atoms with Gasteiger partial charge >= 0.3 is 5.82 Å². The second kappa shape index (κ2) is 5.34. The Bertz CT molecular complexity index is 888. The average Bonchev–Trinajstić information content (AvgIpc) is 3.12. The van der Waals surface area contributed by atoms with Crippen LogP contribution in [0, 0.1) is 17.0 Å². The fraction of sp³-hybridized carbons (Fsp3) is 0.357. The molecule has 8 nitrogen and oxygen atoms in total. The van der Waals surface area contributed by atoms with E-state index in [2.05, 4.69) is 5.10 Å². The van der Waals surface area contributed by atoms with Crippen molar-refractivity contribution in [1.82, 2.24) is 9.78 Å². The third-order valence-corrected chi connectivity index (χ3v) is 5.72. The first kappa shape index (κ1) is 15.5. The quantitative estimate of drug-likeness (QED) is 0.627. The van der Waals surface area contributed by atoms with Crippen LogP contribution >= 0.6 is 0 Å². The lowest BCUT2D eigenvalue weighted by Crippen LogP contribution is -2.29. The normalized spacial score (nSPS) is 14.1. The van der Waals surface area contributed by atoms with Crippen molar-refractivity contribution in [3.63, 3.8) is 0 Å². The summed E-state index contributed by atoms with van der Waals surface area (Å²) in [6, 6.07) is 5.58. The first-order chi connectivity index (χ1) is 10.9. The topological polar surface area (TPSA) is 98.3 Å². The van der Waals surface area contributed by atoms with E-state index in [0.29, 0.717) is 18.7 Å². The second-order valence-electron chi connectivity index (χ2n) is 5.34. The van der Waals surface area contributed by atoms with E-state index < -0.39 is 20.8 Å². The van der Waals surface area contributed by atoms with Crippen molar-refractivity contribution in [2.75, 3.05) is 10.8 Å². The Balaban J connectivity index is 2.16. The van der Waals surface area contributed by atoms with E-state index in [9.17, 15) is 18.5 Å². The molecule has 0 N–H and O–H groups in total. The highest BCUT2D eigenvalue weighted by Crippen LogP contribution is 2.37. The Kier molecular flexibility index (Phi) is 3.59. The van der Waals surface area contributed by atoms with Crippen LogP contribution in [0.5, 0.6) is 0 Å². The van der Waals surface area contributed by atoms with Gasteiger partial charge in [-0.2, -0.15) is 4.68 Å². The summed E-state index contributed by atoms with van der Waals surface area (Å²) in [4.78, 5) is 10.1. The maximum Gasteiger partial charge on any atom is 0.410 e. The van der Waals surface area contributed by atoms with Crippen molar-refractivity contribution in [1.29, 1.82) is 0 Å². The molecule has 2 aromatic rings. The highest BCUT2D eigenvalue weighted by Gasteiger charge is 2.39. The van der Waals surface area contributed by atoms with Crippen molar-refractivity contribution in [2.45, 2.75) is 31.7 Å². The number of aryl methyl sites for hydroxylation is 2. The molecule has 9 heteroatoms. The molecule has 0 spiro atoms. The minimum atomic E-state index is -4.03. The van der Waals surface area contributed by atoms with Gasteiger partial charge in [0.05, 0.1) is 23.5 Å². The zero-order valence-corrected chi connectivity index (χ0v) is 13.6. The fourth-order valence-corrected chi connectivity index (χ4v) is 4.51. The SMILES string of the molecule is CCn1cc(S(=O)(=O)N2CCc3cccc(C)c32)c([N+](=O)[O-])n1. The number of nitro groups is 1. The van der Waals surface area contributed by atoms with Crippen molar-refractivity contribution >= 4 is 21.5 Å². The van der Waals surface area contributed by atoms with Crippen molar-refractivity contribution < 1.29 is 13.3 Å². The molecular formula is C14H16N4O4S. The average molecular weight is 336 g/mol. The molecule has 1 aliphatic heterocycles. The molecule has 3 rings (SSSR count). The smallest absolute Gasteiger partial charge is 0.358 e. The molecule has 0 bridgehead atoms. The third kappa shape index (κ3) is 2.37. The summed E-state index contributed by atoms with van der Waals surface area (Å²) in [6.45, 7) is 4.20. The summed E-state index contributed by atoms with van der Waals surface area (Å²) in [5.41, 5.74) is 2.37. The van der Waals surface area contributed by atoms with E-state index >= 15 is 0 Å². The molecule has 0 amide bonds. The minimum Gasteiger partial charge on any atom is -0.358 e. The van der Waals surface area contributed by atoms with E-state index in [0.717, 1.165) is 11.1 Å².